The van der Waals surface area contributed by atoms with Gasteiger partial charge in [-0.05, 0) is 12.1 Å². The third kappa shape index (κ3) is 3.27. The van der Waals surface area contributed by atoms with Crippen molar-refractivity contribution in [2.45, 2.75) is 0 Å². The van der Waals surface area contributed by atoms with Gasteiger partial charge in [0.15, 0.2) is 5.13 Å². The summed E-state index contributed by atoms with van der Waals surface area (Å²) in [4.78, 5) is 19.7. The van der Waals surface area contributed by atoms with E-state index in [0.29, 0.717) is 25.1 Å². The topological polar surface area (TPSA) is 54.9 Å². The standard InChI is InChI=1S/C13H6Cl2FN3OS2/c14-9-4-7(11(15)22-9)8-5-21-13(18-8)19-12(20)6-1-2-17-10(16)3-6/h1-5H,(H,18,19,20). The van der Waals surface area contributed by atoms with E-state index in [2.05, 4.69) is 15.3 Å². The molecule has 9 heteroatoms. The third-order valence-electron chi connectivity index (χ3n) is 2.65. The van der Waals surface area contributed by atoms with Gasteiger partial charge in [-0.15, -0.1) is 22.7 Å². The molecule has 0 fully saturated rings. The van der Waals surface area contributed by atoms with Gasteiger partial charge in [-0.25, -0.2) is 9.97 Å². The van der Waals surface area contributed by atoms with Gasteiger partial charge in [0.05, 0.1) is 10.0 Å². The average Bonchev–Trinajstić information content (AvgIpc) is 3.05. The number of nitrogens with one attached hydrogen (secondary N) is 1. The molecule has 112 valence electrons. The number of carbonyl (C=O) groups excluding carboxylic acids is 1. The predicted molar refractivity (Wildman–Crippen MR) is 87.6 cm³/mol. The first-order chi connectivity index (χ1) is 10.5. The number of nitrogens with zero attached hydrogens (tertiary/aromatic N) is 2. The Balaban J connectivity index is 1.80. The van der Waals surface area contributed by atoms with Gasteiger partial charge in [-0.1, -0.05) is 23.2 Å². The highest BCUT2D eigenvalue weighted by Crippen LogP contribution is 2.38. The van der Waals surface area contributed by atoms with E-state index in [1.807, 2.05) is 0 Å². The van der Waals surface area contributed by atoms with E-state index in [0.717, 1.165) is 6.07 Å². The second-order valence-electron chi connectivity index (χ2n) is 4.10. The van der Waals surface area contributed by atoms with Gasteiger partial charge in [0, 0.05) is 28.8 Å². The summed E-state index contributed by atoms with van der Waals surface area (Å²) in [5.41, 5.74) is 1.50. The zero-order valence-electron chi connectivity index (χ0n) is 10.6. The minimum absolute atomic E-state index is 0.167. The molecule has 0 saturated heterocycles. The number of pyridine rings is 1. The molecule has 0 aliphatic heterocycles. The lowest BCUT2D eigenvalue weighted by Crippen LogP contribution is -2.12. The normalized spacial score (nSPS) is 10.7. The van der Waals surface area contributed by atoms with Crippen LogP contribution in [0.1, 0.15) is 10.4 Å². The van der Waals surface area contributed by atoms with Crippen molar-refractivity contribution < 1.29 is 9.18 Å². The summed E-state index contributed by atoms with van der Waals surface area (Å²) in [5, 5.41) is 4.74. The molecule has 0 aliphatic carbocycles. The van der Waals surface area contributed by atoms with Gasteiger partial charge in [-0.2, -0.15) is 4.39 Å². The fourth-order valence-electron chi connectivity index (χ4n) is 1.68. The highest BCUT2D eigenvalue weighted by atomic mass is 35.5. The van der Waals surface area contributed by atoms with Crippen LogP contribution in [0.2, 0.25) is 8.67 Å². The van der Waals surface area contributed by atoms with Crippen molar-refractivity contribution in [3.05, 3.63) is 50.0 Å². The average molecular weight is 374 g/mol. The van der Waals surface area contributed by atoms with Gasteiger partial charge >= 0.3 is 0 Å². The maximum absolute atomic E-state index is 13.0. The van der Waals surface area contributed by atoms with E-state index in [9.17, 15) is 9.18 Å². The predicted octanol–water partition coefficient (Wildman–Crippen LogP) is 4.96. The molecule has 1 N–H and O–H groups in total. The summed E-state index contributed by atoms with van der Waals surface area (Å²) in [7, 11) is 0. The lowest BCUT2D eigenvalue weighted by molar-refractivity contribution is 0.102. The number of carbonyl (C=O) groups is 1. The minimum atomic E-state index is -0.716. The van der Waals surface area contributed by atoms with Crippen LogP contribution in [-0.2, 0) is 0 Å². The summed E-state index contributed by atoms with van der Waals surface area (Å²) in [6.07, 6.45) is 1.23. The monoisotopic (exact) mass is 373 g/mol. The molecule has 3 aromatic heterocycles. The molecule has 0 atom stereocenters. The summed E-state index contributed by atoms with van der Waals surface area (Å²) < 4.78 is 14.1. The molecular formula is C13H6Cl2FN3OS2. The van der Waals surface area contributed by atoms with Crippen molar-refractivity contribution >= 4 is 56.9 Å². The molecule has 0 radical (unpaired) electrons. The Morgan fingerprint density at radius 1 is 1.32 bits per heavy atom. The molecule has 3 heterocycles. The number of rotatable bonds is 3. The summed E-state index contributed by atoms with van der Waals surface area (Å²) >= 11 is 14.5. The molecule has 3 aromatic rings. The maximum Gasteiger partial charge on any atom is 0.257 e. The van der Waals surface area contributed by atoms with Crippen LogP contribution in [0.25, 0.3) is 11.3 Å². The Morgan fingerprint density at radius 2 is 2.14 bits per heavy atom. The second-order valence-corrected chi connectivity index (χ2v) is 7.24. The van der Waals surface area contributed by atoms with Crippen molar-refractivity contribution in [3.63, 3.8) is 0 Å². The highest BCUT2D eigenvalue weighted by Gasteiger charge is 2.14. The summed E-state index contributed by atoms with van der Waals surface area (Å²) in [5.74, 6) is -1.18. The molecular weight excluding hydrogens is 368 g/mol. The van der Waals surface area contributed by atoms with Crippen LogP contribution >= 0.6 is 45.9 Å². The van der Waals surface area contributed by atoms with Crippen LogP contribution in [0.5, 0.6) is 0 Å². The van der Waals surface area contributed by atoms with Gasteiger partial charge < -0.3 is 0 Å². The van der Waals surface area contributed by atoms with E-state index < -0.39 is 11.9 Å². The Labute approximate surface area is 142 Å². The number of aromatic nitrogens is 2. The van der Waals surface area contributed by atoms with Gasteiger partial charge in [0.1, 0.15) is 4.34 Å². The first-order valence-electron chi connectivity index (χ1n) is 5.86. The third-order valence-corrected chi connectivity index (χ3v) is 4.89. The number of hydrogen-bond donors (Lipinski definition) is 1. The van der Waals surface area contributed by atoms with Crippen molar-refractivity contribution in [2.75, 3.05) is 5.32 Å². The van der Waals surface area contributed by atoms with Gasteiger partial charge in [0.2, 0.25) is 5.95 Å². The molecule has 1 amide bonds. The van der Waals surface area contributed by atoms with E-state index in [1.54, 1.807) is 11.4 Å². The van der Waals surface area contributed by atoms with Crippen LogP contribution in [0.15, 0.2) is 29.8 Å². The molecule has 0 bridgehead atoms. The van der Waals surface area contributed by atoms with Crippen LogP contribution in [0.4, 0.5) is 9.52 Å². The zero-order valence-corrected chi connectivity index (χ0v) is 13.8. The number of hydrogen-bond acceptors (Lipinski definition) is 5. The number of anilines is 1. The number of amides is 1. The maximum atomic E-state index is 13.0. The van der Waals surface area contributed by atoms with Gasteiger partial charge in [0.25, 0.3) is 5.91 Å². The van der Waals surface area contributed by atoms with E-state index in [1.165, 1.54) is 34.9 Å². The van der Waals surface area contributed by atoms with E-state index in [4.69, 9.17) is 23.2 Å². The largest absolute Gasteiger partial charge is 0.298 e. The Morgan fingerprint density at radius 3 is 2.82 bits per heavy atom. The Kier molecular flexibility index (Phi) is 4.39. The zero-order chi connectivity index (χ0) is 15.7. The first kappa shape index (κ1) is 15.4. The van der Waals surface area contributed by atoms with Crippen molar-refractivity contribution in [3.8, 4) is 11.3 Å². The van der Waals surface area contributed by atoms with Crippen molar-refractivity contribution in [1.29, 1.82) is 0 Å². The van der Waals surface area contributed by atoms with Crippen molar-refractivity contribution in [2.24, 2.45) is 0 Å². The van der Waals surface area contributed by atoms with E-state index >= 15 is 0 Å². The molecule has 0 saturated carbocycles. The smallest absolute Gasteiger partial charge is 0.257 e. The molecule has 0 aliphatic rings. The molecule has 22 heavy (non-hydrogen) atoms. The lowest BCUT2D eigenvalue weighted by Gasteiger charge is -2.01. The SMILES string of the molecule is O=C(Nc1nc(-c2cc(Cl)sc2Cl)cs1)c1ccnc(F)c1. The summed E-state index contributed by atoms with van der Waals surface area (Å²) in [6.45, 7) is 0. The molecule has 0 unspecified atom stereocenters. The number of thiazole rings is 1. The van der Waals surface area contributed by atoms with Crippen molar-refractivity contribution in [1.82, 2.24) is 9.97 Å². The van der Waals surface area contributed by atoms with E-state index in [-0.39, 0.29) is 5.56 Å². The summed E-state index contributed by atoms with van der Waals surface area (Å²) in [6, 6.07) is 4.19. The molecule has 0 aromatic carbocycles. The van der Waals surface area contributed by atoms with Crippen LogP contribution < -0.4 is 5.32 Å². The molecule has 0 spiro atoms. The number of halogens is 3. The van der Waals surface area contributed by atoms with Crippen LogP contribution in [0, 0.1) is 5.95 Å². The number of thiophene rings is 1. The van der Waals surface area contributed by atoms with Crippen LogP contribution in [-0.4, -0.2) is 15.9 Å². The van der Waals surface area contributed by atoms with Gasteiger partial charge in [-0.3, -0.25) is 10.1 Å². The first-order valence-corrected chi connectivity index (χ1v) is 8.32. The fraction of sp³-hybridized carbons (Fsp3) is 0. The van der Waals surface area contributed by atoms with Crippen LogP contribution in [0.3, 0.4) is 0 Å². The molecule has 4 nitrogen and oxygen atoms in total. The quantitative estimate of drug-likeness (QED) is 0.659. The lowest BCUT2D eigenvalue weighted by atomic mass is 10.2. The minimum Gasteiger partial charge on any atom is -0.298 e. The second kappa shape index (κ2) is 6.29. The fourth-order valence-corrected chi connectivity index (χ4v) is 3.87. The molecule has 3 rings (SSSR count). The Hall–Kier alpha value is -1.54. The Bertz CT molecular complexity index is 849. The highest BCUT2D eigenvalue weighted by molar-refractivity contribution is 7.20.